The Balaban J connectivity index is 1.97. The molecule has 3 nitrogen and oxygen atoms in total. The summed E-state index contributed by atoms with van der Waals surface area (Å²) in [6.07, 6.45) is 5.03. The second-order valence-electron chi connectivity index (χ2n) is 4.84. The number of hydrogen-bond acceptors (Lipinski definition) is 2. The van der Waals surface area contributed by atoms with Crippen LogP contribution in [-0.4, -0.2) is 17.4 Å². The van der Waals surface area contributed by atoms with Gasteiger partial charge in [0.05, 0.1) is 10.6 Å². The van der Waals surface area contributed by atoms with Crippen LogP contribution >= 0.6 is 23.2 Å². The van der Waals surface area contributed by atoms with E-state index in [1.165, 1.54) is 31.5 Å². The zero-order valence-corrected chi connectivity index (χ0v) is 11.1. The lowest BCUT2D eigenvalue weighted by molar-refractivity contribution is 0.0890. The van der Waals surface area contributed by atoms with Crippen LogP contribution < -0.4 is 5.32 Å². The number of nitrogens with one attached hydrogen (secondary N) is 1. The summed E-state index contributed by atoms with van der Waals surface area (Å²) >= 11 is 11.5. The van der Waals surface area contributed by atoms with Crippen LogP contribution in [0.5, 0.6) is 0 Å². The molecular weight excluding hydrogens is 259 g/mol. The fraction of sp³-hybridized carbons (Fsp3) is 0.500. The van der Waals surface area contributed by atoms with Crippen molar-refractivity contribution in [2.24, 2.45) is 5.41 Å². The quantitative estimate of drug-likeness (QED) is 0.858. The molecule has 0 aliphatic heterocycles. The number of halogens is 2. The van der Waals surface area contributed by atoms with Gasteiger partial charge in [-0.1, -0.05) is 36.5 Å². The van der Waals surface area contributed by atoms with Crippen molar-refractivity contribution in [3.63, 3.8) is 0 Å². The van der Waals surface area contributed by atoms with Gasteiger partial charge in [0.1, 0.15) is 5.15 Å². The van der Waals surface area contributed by atoms with Crippen LogP contribution in [0.2, 0.25) is 10.2 Å². The smallest absolute Gasteiger partial charge is 0.252 e. The van der Waals surface area contributed by atoms with Gasteiger partial charge in [0.25, 0.3) is 5.91 Å². The lowest BCUT2D eigenvalue weighted by atomic mass is 9.70. The summed E-state index contributed by atoms with van der Waals surface area (Å²) < 4.78 is 0. The van der Waals surface area contributed by atoms with E-state index in [1.807, 2.05) is 0 Å². The highest BCUT2D eigenvalue weighted by Gasteiger charge is 2.31. The molecule has 0 spiro atoms. The highest BCUT2D eigenvalue weighted by atomic mass is 35.5. The Morgan fingerprint density at radius 2 is 2.24 bits per heavy atom. The molecule has 5 heteroatoms. The summed E-state index contributed by atoms with van der Waals surface area (Å²) in [4.78, 5) is 15.7. The molecule has 1 N–H and O–H groups in total. The standard InChI is InChI=1S/C12H14Cl2N2O/c1-12(3-2-4-12)7-16-11(17)8-5-9(13)10(14)15-6-8/h5-6H,2-4,7H2,1H3,(H,16,17). The van der Waals surface area contributed by atoms with E-state index < -0.39 is 0 Å². The number of nitrogens with zero attached hydrogens (tertiary/aromatic N) is 1. The molecule has 1 amide bonds. The number of hydrogen-bond donors (Lipinski definition) is 1. The van der Waals surface area contributed by atoms with Crippen molar-refractivity contribution in [1.29, 1.82) is 0 Å². The van der Waals surface area contributed by atoms with Gasteiger partial charge in [0.2, 0.25) is 0 Å². The van der Waals surface area contributed by atoms with Crippen LogP contribution in [0.4, 0.5) is 0 Å². The summed E-state index contributed by atoms with van der Waals surface area (Å²) in [5.74, 6) is -0.149. The van der Waals surface area contributed by atoms with Crippen molar-refractivity contribution >= 4 is 29.1 Å². The van der Waals surface area contributed by atoms with Gasteiger partial charge in [-0.25, -0.2) is 4.98 Å². The molecule has 1 saturated carbocycles. The van der Waals surface area contributed by atoms with Crippen molar-refractivity contribution in [2.75, 3.05) is 6.54 Å². The van der Waals surface area contributed by atoms with E-state index in [0.29, 0.717) is 17.1 Å². The Morgan fingerprint density at radius 1 is 1.53 bits per heavy atom. The molecule has 1 heterocycles. The highest BCUT2D eigenvalue weighted by Crippen LogP contribution is 2.39. The number of carbonyl (C=O) groups is 1. The van der Waals surface area contributed by atoms with E-state index >= 15 is 0 Å². The van der Waals surface area contributed by atoms with E-state index in [4.69, 9.17) is 23.2 Å². The van der Waals surface area contributed by atoms with E-state index in [9.17, 15) is 4.79 Å². The predicted octanol–water partition coefficient (Wildman–Crippen LogP) is 3.31. The normalized spacial score (nSPS) is 17.4. The molecule has 0 saturated heterocycles. The van der Waals surface area contributed by atoms with Crippen LogP contribution in [-0.2, 0) is 0 Å². The molecular formula is C12H14Cl2N2O. The van der Waals surface area contributed by atoms with Crippen molar-refractivity contribution in [2.45, 2.75) is 26.2 Å². The van der Waals surface area contributed by atoms with Gasteiger partial charge in [-0.15, -0.1) is 0 Å². The molecule has 1 fully saturated rings. The minimum absolute atomic E-state index is 0.149. The first-order valence-electron chi connectivity index (χ1n) is 5.59. The van der Waals surface area contributed by atoms with Crippen LogP contribution in [0, 0.1) is 5.41 Å². The largest absolute Gasteiger partial charge is 0.351 e. The number of aromatic nitrogens is 1. The molecule has 0 bridgehead atoms. The molecule has 1 aromatic rings. The van der Waals surface area contributed by atoms with E-state index in [1.54, 1.807) is 0 Å². The zero-order chi connectivity index (χ0) is 12.5. The number of rotatable bonds is 3. The molecule has 1 aromatic heterocycles. The minimum Gasteiger partial charge on any atom is -0.351 e. The van der Waals surface area contributed by atoms with Crippen molar-refractivity contribution < 1.29 is 4.79 Å². The molecule has 0 aromatic carbocycles. The van der Waals surface area contributed by atoms with Crippen LogP contribution in [0.1, 0.15) is 36.5 Å². The second kappa shape index (κ2) is 4.83. The van der Waals surface area contributed by atoms with Crippen LogP contribution in [0.15, 0.2) is 12.3 Å². The van der Waals surface area contributed by atoms with Gasteiger partial charge in [-0.3, -0.25) is 4.79 Å². The van der Waals surface area contributed by atoms with Crippen molar-refractivity contribution in [3.05, 3.63) is 28.0 Å². The number of pyridine rings is 1. The lowest BCUT2D eigenvalue weighted by Gasteiger charge is -2.38. The van der Waals surface area contributed by atoms with Gasteiger partial charge in [0.15, 0.2) is 0 Å². The first kappa shape index (κ1) is 12.7. The number of amides is 1. The molecule has 1 aliphatic carbocycles. The predicted molar refractivity (Wildman–Crippen MR) is 68.5 cm³/mol. The molecule has 1 aliphatic rings. The fourth-order valence-corrected chi connectivity index (χ4v) is 2.17. The average molecular weight is 273 g/mol. The summed E-state index contributed by atoms with van der Waals surface area (Å²) in [7, 11) is 0. The van der Waals surface area contributed by atoms with Crippen LogP contribution in [0.25, 0.3) is 0 Å². The van der Waals surface area contributed by atoms with Gasteiger partial charge in [-0.05, 0) is 24.3 Å². The minimum atomic E-state index is -0.149. The highest BCUT2D eigenvalue weighted by molar-refractivity contribution is 6.41. The Morgan fingerprint density at radius 3 is 2.76 bits per heavy atom. The van der Waals surface area contributed by atoms with Crippen LogP contribution in [0.3, 0.4) is 0 Å². The first-order chi connectivity index (χ1) is 8.00. The van der Waals surface area contributed by atoms with Crippen molar-refractivity contribution in [3.8, 4) is 0 Å². The molecule has 0 radical (unpaired) electrons. The molecule has 17 heavy (non-hydrogen) atoms. The molecule has 0 atom stereocenters. The molecule has 0 unspecified atom stereocenters. The summed E-state index contributed by atoms with van der Waals surface area (Å²) in [5.41, 5.74) is 0.710. The van der Waals surface area contributed by atoms with Gasteiger partial charge < -0.3 is 5.32 Å². The number of carbonyl (C=O) groups excluding carboxylic acids is 1. The fourth-order valence-electron chi connectivity index (χ4n) is 1.90. The maximum atomic E-state index is 11.8. The zero-order valence-electron chi connectivity index (χ0n) is 9.59. The maximum absolute atomic E-state index is 11.8. The van der Waals surface area contributed by atoms with E-state index in [-0.39, 0.29) is 16.5 Å². The molecule has 92 valence electrons. The second-order valence-corrected chi connectivity index (χ2v) is 5.61. The monoisotopic (exact) mass is 272 g/mol. The Kier molecular flexibility index (Phi) is 3.59. The Hall–Kier alpha value is -0.800. The first-order valence-corrected chi connectivity index (χ1v) is 6.35. The Labute approximate surface area is 111 Å². The third kappa shape index (κ3) is 2.90. The maximum Gasteiger partial charge on any atom is 0.252 e. The van der Waals surface area contributed by atoms with Gasteiger partial charge in [-0.2, -0.15) is 0 Å². The SMILES string of the molecule is CC1(CNC(=O)c2cnc(Cl)c(Cl)c2)CCC1. The summed E-state index contributed by atoms with van der Waals surface area (Å²) in [6, 6.07) is 1.54. The average Bonchev–Trinajstić information content (AvgIpc) is 2.27. The third-order valence-electron chi connectivity index (χ3n) is 3.29. The summed E-state index contributed by atoms with van der Waals surface area (Å²) in [6.45, 7) is 2.88. The molecule has 2 rings (SSSR count). The summed E-state index contributed by atoms with van der Waals surface area (Å²) in [5, 5.41) is 3.42. The lowest BCUT2D eigenvalue weighted by Crippen LogP contribution is -2.39. The Bertz CT molecular complexity index is 444. The van der Waals surface area contributed by atoms with Crippen molar-refractivity contribution in [1.82, 2.24) is 10.3 Å². The van der Waals surface area contributed by atoms with Gasteiger partial charge in [0, 0.05) is 12.7 Å². The van der Waals surface area contributed by atoms with Gasteiger partial charge >= 0.3 is 0 Å². The third-order valence-corrected chi connectivity index (χ3v) is 3.98. The van der Waals surface area contributed by atoms with E-state index in [0.717, 1.165) is 0 Å². The van der Waals surface area contributed by atoms with E-state index in [2.05, 4.69) is 17.2 Å². The topological polar surface area (TPSA) is 42.0 Å².